The molecule has 0 fully saturated rings. The number of fused-ring (bicyclic) bond motifs is 13. The SMILES string of the molecule is c1ccc(-c2ccc(-c3cc(-c4cccc(-c5cc(-n6c7ccccc7c7ccccc76)cc(-n6c7ccccc7c7ccccc76)c5)c4)nc4ccc(-c5cc(-n6c7ccccc7c7ccccc76)cc(-n6c7ccccc7c7ccccc76)c5)cc34)cc2)cc1. The van der Waals surface area contributed by atoms with E-state index in [0.717, 1.165) is 78.3 Å². The summed E-state index contributed by atoms with van der Waals surface area (Å²) in [7, 11) is 0. The molecular weight excluding hydrogens is 1110 g/mol. The van der Waals surface area contributed by atoms with Crippen molar-refractivity contribution in [3.05, 3.63) is 334 Å². The third kappa shape index (κ3) is 8.16. The molecule has 0 aliphatic carbocycles. The number of nitrogens with zero attached hydrogens (tertiary/aromatic N) is 5. The molecule has 0 saturated carbocycles. The third-order valence-corrected chi connectivity index (χ3v) is 19.1. The molecule has 5 heteroatoms. The summed E-state index contributed by atoms with van der Waals surface area (Å²) in [5.74, 6) is 0. The topological polar surface area (TPSA) is 32.6 Å². The zero-order chi connectivity index (χ0) is 60.4. The van der Waals surface area contributed by atoms with Gasteiger partial charge in [-0.25, -0.2) is 4.98 Å². The van der Waals surface area contributed by atoms with E-state index in [1.54, 1.807) is 0 Å². The Bertz CT molecular complexity index is 5720. The van der Waals surface area contributed by atoms with Gasteiger partial charge in [0.1, 0.15) is 0 Å². The molecule has 0 aliphatic heterocycles. The van der Waals surface area contributed by atoms with Gasteiger partial charge in [0.2, 0.25) is 0 Å². The quantitative estimate of drug-likeness (QED) is 0.142. The van der Waals surface area contributed by atoms with Crippen molar-refractivity contribution >= 4 is 98.1 Å². The molecule has 92 heavy (non-hydrogen) atoms. The fourth-order valence-corrected chi connectivity index (χ4v) is 15.0. The van der Waals surface area contributed by atoms with E-state index in [9.17, 15) is 0 Å². The minimum Gasteiger partial charge on any atom is -0.309 e. The first-order valence-electron chi connectivity index (χ1n) is 31.6. The first-order chi connectivity index (χ1) is 45.6. The van der Waals surface area contributed by atoms with Crippen LogP contribution in [0.3, 0.4) is 0 Å². The van der Waals surface area contributed by atoms with Crippen LogP contribution in [0.1, 0.15) is 0 Å². The van der Waals surface area contributed by atoms with Crippen molar-refractivity contribution in [1.82, 2.24) is 23.3 Å². The summed E-state index contributed by atoms with van der Waals surface area (Å²) >= 11 is 0. The van der Waals surface area contributed by atoms with Gasteiger partial charge in [-0.1, -0.05) is 224 Å². The smallest absolute Gasteiger partial charge is 0.0716 e. The van der Waals surface area contributed by atoms with E-state index in [4.69, 9.17) is 4.98 Å². The second kappa shape index (κ2) is 20.6. The average Bonchev–Trinajstić information content (AvgIpc) is 1.60. The summed E-state index contributed by atoms with van der Waals surface area (Å²) in [6, 6.07) is 122. The minimum absolute atomic E-state index is 0.900. The van der Waals surface area contributed by atoms with Gasteiger partial charge in [0, 0.05) is 76.8 Å². The number of aromatic nitrogens is 5. The monoisotopic (exact) mass is 1170 g/mol. The number of hydrogen-bond acceptors (Lipinski definition) is 1. The molecule has 0 saturated heterocycles. The Hall–Kier alpha value is -12.3. The Labute approximate surface area is 530 Å². The van der Waals surface area contributed by atoms with E-state index >= 15 is 0 Å². The number of pyridine rings is 1. The Morgan fingerprint density at radius 1 is 0.174 bits per heavy atom. The van der Waals surface area contributed by atoms with E-state index in [-0.39, 0.29) is 0 Å². The first kappa shape index (κ1) is 51.7. The fraction of sp³-hybridized carbons (Fsp3) is 0. The summed E-state index contributed by atoms with van der Waals surface area (Å²) in [6.45, 7) is 0. The summed E-state index contributed by atoms with van der Waals surface area (Å²) in [4.78, 5) is 5.66. The van der Waals surface area contributed by atoms with Crippen molar-refractivity contribution in [2.75, 3.05) is 0 Å². The maximum atomic E-state index is 5.66. The molecule has 0 unspecified atom stereocenters. The van der Waals surface area contributed by atoms with Crippen LogP contribution in [-0.2, 0) is 0 Å². The van der Waals surface area contributed by atoms with Crippen LogP contribution in [0, 0.1) is 0 Å². The highest BCUT2D eigenvalue weighted by atomic mass is 15.0. The van der Waals surface area contributed by atoms with Crippen LogP contribution in [0.4, 0.5) is 0 Å². The summed E-state index contributed by atoms with van der Waals surface area (Å²) in [5.41, 5.74) is 25.5. The molecule has 0 N–H and O–H groups in total. The zero-order valence-electron chi connectivity index (χ0n) is 50.0. The van der Waals surface area contributed by atoms with Crippen molar-refractivity contribution in [2.45, 2.75) is 0 Å². The number of rotatable bonds is 9. The van der Waals surface area contributed by atoms with E-state index < -0.39 is 0 Å². The van der Waals surface area contributed by atoms with Crippen LogP contribution >= 0.6 is 0 Å². The molecule has 0 radical (unpaired) electrons. The lowest BCUT2D eigenvalue weighted by Gasteiger charge is -2.17. The summed E-state index contributed by atoms with van der Waals surface area (Å²) in [5, 5.41) is 10.9. The Morgan fingerprint density at radius 2 is 0.467 bits per heavy atom. The molecule has 0 aliphatic rings. The van der Waals surface area contributed by atoms with Crippen molar-refractivity contribution in [3.8, 4) is 78.5 Å². The van der Waals surface area contributed by atoms with Crippen molar-refractivity contribution in [3.63, 3.8) is 0 Å². The molecule has 428 valence electrons. The van der Waals surface area contributed by atoms with Gasteiger partial charge in [-0.2, -0.15) is 0 Å². The number of hydrogen-bond donors (Lipinski definition) is 0. The van der Waals surface area contributed by atoms with Crippen LogP contribution in [-0.4, -0.2) is 23.3 Å². The average molecular weight is 1170 g/mol. The van der Waals surface area contributed by atoms with Crippen LogP contribution in [0.15, 0.2) is 334 Å². The van der Waals surface area contributed by atoms with Crippen LogP contribution in [0.25, 0.3) is 177 Å². The van der Waals surface area contributed by atoms with Gasteiger partial charge in [-0.3, -0.25) is 0 Å². The lowest BCUT2D eigenvalue weighted by Crippen LogP contribution is -2.00. The number of benzene rings is 14. The van der Waals surface area contributed by atoms with Gasteiger partial charge in [0.05, 0.1) is 55.3 Å². The van der Waals surface area contributed by atoms with Gasteiger partial charge in [0.15, 0.2) is 0 Å². The molecule has 0 spiro atoms. The highest BCUT2D eigenvalue weighted by molar-refractivity contribution is 6.13. The second-order valence-electron chi connectivity index (χ2n) is 24.3. The summed E-state index contributed by atoms with van der Waals surface area (Å²) < 4.78 is 9.77. The minimum atomic E-state index is 0.900. The van der Waals surface area contributed by atoms with Gasteiger partial charge in [-0.05, 0) is 154 Å². The molecule has 19 aromatic rings. The maximum absolute atomic E-state index is 5.66. The Kier molecular flexibility index (Phi) is 11.6. The molecule has 19 rings (SSSR count). The standard InChI is InChI=1S/C87H55N5/c1-2-21-56(22-3-1)57-41-43-58(44-42-57)76-55-79(61-24-20-23-59(47-61)62-48-64(89-80-33-12-4-25-68(80)69-26-5-13-34-81(69)89)53-65(49-62)90-82-35-14-6-27-70(82)71-28-7-15-36-83(71)90)88-78-46-45-60(52-77(76)78)63-50-66(91-84-37-16-8-29-72(84)73-30-9-17-38-85(73)91)54-67(51-63)92-86-39-18-10-31-74(86)75-32-11-19-40-87(75)92/h1-55H. The molecular formula is C87H55N5. The lowest BCUT2D eigenvalue weighted by molar-refractivity contribution is 1.13. The Morgan fingerprint density at radius 3 is 0.848 bits per heavy atom. The van der Waals surface area contributed by atoms with E-state index in [2.05, 4.69) is 352 Å². The van der Waals surface area contributed by atoms with E-state index in [0.29, 0.717) is 0 Å². The maximum Gasteiger partial charge on any atom is 0.0716 e. The second-order valence-corrected chi connectivity index (χ2v) is 24.3. The molecule has 14 aromatic carbocycles. The van der Waals surface area contributed by atoms with Gasteiger partial charge < -0.3 is 18.3 Å². The molecule has 5 nitrogen and oxygen atoms in total. The van der Waals surface area contributed by atoms with Crippen LogP contribution in [0.2, 0.25) is 0 Å². The number of para-hydroxylation sites is 8. The molecule has 5 heterocycles. The predicted octanol–water partition coefficient (Wildman–Crippen LogP) is 23.0. The highest BCUT2D eigenvalue weighted by Gasteiger charge is 2.22. The highest BCUT2D eigenvalue weighted by Crippen LogP contribution is 2.43. The van der Waals surface area contributed by atoms with E-state index in [1.807, 2.05) is 0 Å². The van der Waals surface area contributed by atoms with Crippen molar-refractivity contribution < 1.29 is 0 Å². The summed E-state index contributed by atoms with van der Waals surface area (Å²) in [6.07, 6.45) is 0. The molecule has 0 amide bonds. The van der Waals surface area contributed by atoms with Gasteiger partial charge in [-0.15, -0.1) is 0 Å². The van der Waals surface area contributed by atoms with Crippen molar-refractivity contribution in [2.24, 2.45) is 0 Å². The van der Waals surface area contributed by atoms with Crippen molar-refractivity contribution in [1.29, 1.82) is 0 Å². The normalized spacial score (nSPS) is 11.9. The fourth-order valence-electron chi connectivity index (χ4n) is 15.0. The van der Waals surface area contributed by atoms with Crippen LogP contribution < -0.4 is 0 Å². The van der Waals surface area contributed by atoms with Crippen LogP contribution in [0.5, 0.6) is 0 Å². The van der Waals surface area contributed by atoms with Gasteiger partial charge in [0.25, 0.3) is 0 Å². The third-order valence-electron chi connectivity index (χ3n) is 19.1. The van der Waals surface area contributed by atoms with E-state index in [1.165, 1.54) is 98.4 Å². The molecule has 0 bridgehead atoms. The zero-order valence-corrected chi connectivity index (χ0v) is 50.0. The van der Waals surface area contributed by atoms with Gasteiger partial charge >= 0.3 is 0 Å². The first-order valence-corrected chi connectivity index (χ1v) is 31.6. The Balaban J connectivity index is 0.813. The predicted molar refractivity (Wildman–Crippen MR) is 386 cm³/mol. The lowest BCUT2D eigenvalue weighted by atomic mass is 9.93. The largest absolute Gasteiger partial charge is 0.309 e. The molecule has 0 atom stereocenters. The molecule has 5 aromatic heterocycles.